The van der Waals surface area contributed by atoms with E-state index in [4.69, 9.17) is 32.7 Å². The van der Waals surface area contributed by atoms with E-state index < -0.39 is 11.9 Å². The van der Waals surface area contributed by atoms with Crippen LogP contribution in [0.2, 0.25) is 10.0 Å². The van der Waals surface area contributed by atoms with Gasteiger partial charge >= 0.3 is 5.97 Å². The van der Waals surface area contributed by atoms with Gasteiger partial charge in [-0.1, -0.05) is 53.0 Å². The van der Waals surface area contributed by atoms with Crippen molar-refractivity contribution in [3.63, 3.8) is 0 Å². The Hall–Kier alpha value is -2.54. The second-order valence-corrected chi connectivity index (χ2v) is 8.07. The van der Waals surface area contributed by atoms with E-state index >= 15 is 0 Å². The quantitative estimate of drug-likeness (QED) is 0.422. The van der Waals surface area contributed by atoms with Crippen molar-refractivity contribution in [1.29, 1.82) is 0 Å². The Morgan fingerprint density at radius 3 is 2.50 bits per heavy atom. The zero-order chi connectivity index (χ0) is 21.7. The number of rotatable bonds is 7. The average molecular weight is 464 g/mol. The molecule has 0 saturated carbocycles. The van der Waals surface area contributed by atoms with Gasteiger partial charge in [0.25, 0.3) is 5.91 Å². The van der Waals surface area contributed by atoms with Gasteiger partial charge in [0.1, 0.15) is 16.3 Å². The molecule has 0 aliphatic carbocycles. The van der Waals surface area contributed by atoms with Gasteiger partial charge in [0.15, 0.2) is 6.61 Å². The predicted molar refractivity (Wildman–Crippen MR) is 121 cm³/mol. The first-order valence-corrected chi connectivity index (χ1v) is 10.8. The summed E-state index contributed by atoms with van der Waals surface area (Å²) in [6.07, 6.45) is 0. The first-order chi connectivity index (χ1) is 14.4. The third-order valence-electron chi connectivity index (χ3n) is 4.14. The molecule has 0 bridgehead atoms. The molecule has 8 heteroatoms. The van der Waals surface area contributed by atoms with Crippen LogP contribution in [0.5, 0.6) is 5.75 Å². The van der Waals surface area contributed by atoms with Crippen molar-refractivity contribution < 1.29 is 19.1 Å². The van der Waals surface area contributed by atoms with E-state index in [2.05, 4.69) is 5.32 Å². The molecular weight excluding hydrogens is 445 g/mol. The molecule has 0 unspecified atom stereocenters. The van der Waals surface area contributed by atoms with Crippen LogP contribution >= 0.6 is 34.5 Å². The van der Waals surface area contributed by atoms with Crippen LogP contribution in [0.4, 0.5) is 5.00 Å². The SMILES string of the molecule is CCOC(=O)c1c(-c2ccc(C)cc2)csc1NC(=O)COc1ccc(Cl)cc1Cl. The summed E-state index contributed by atoms with van der Waals surface area (Å²) >= 11 is 13.2. The Labute approximate surface area is 188 Å². The van der Waals surface area contributed by atoms with E-state index in [1.54, 1.807) is 19.1 Å². The number of thiophene rings is 1. The van der Waals surface area contributed by atoms with Crippen molar-refractivity contribution in [2.24, 2.45) is 0 Å². The van der Waals surface area contributed by atoms with Crippen LogP contribution in [0.15, 0.2) is 47.8 Å². The molecule has 0 aliphatic heterocycles. The Kier molecular flexibility index (Phi) is 7.37. The average Bonchev–Trinajstić information content (AvgIpc) is 3.11. The fourth-order valence-electron chi connectivity index (χ4n) is 2.70. The van der Waals surface area contributed by atoms with E-state index in [1.807, 2.05) is 36.6 Å². The number of esters is 1. The van der Waals surface area contributed by atoms with Crippen molar-refractivity contribution in [1.82, 2.24) is 0 Å². The summed E-state index contributed by atoms with van der Waals surface area (Å²) in [6, 6.07) is 12.5. The first kappa shape index (κ1) is 22.2. The first-order valence-electron chi connectivity index (χ1n) is 9.12. The Bertz CT molecular complexity index is 1060. The molecule has 30 heavy (non-hydrogen) atoms. The molecule has 3 aromatic rings. The maximum absolute atomic E-state index is 12.6. The maximum Gasteiger partial charge on any atom is 0.341 e. The lowest BCUT2D eigenvalue weighted by atomic mass is 10.0. The Balaban J connectivity index is 1.79. The van der Waals surface area contributed by atoms with E-state index in [1.165, 1.54) is 17.4 Å². The monoisotopic (exact) mass is 463 g/mol. The Morgan fingerprint density at radius 1 is 1.10 bits per heavy atom. The van der Waals surface area contributed by atoms with Gasteiger partial charge in [-0.3, -0.25) is 4.79 Å². The van der Waals surface area contributed by atoms with Crippen LogP contribution in [0, 0.1) is 6.92 Å². The lowest BCUT2D eigenvalue weighted by molar-refractivity contribution is -0.118. The molecule has 0 atom stereocenters. The third kappa shape index (κ3) is 5.33. The van der Waals surface area contributed by atoms with E-state index in [9.17, 15) is 9.59 Å². The number of carbonyl (C=O) groups is 2. The van der Waals surface area contributed by atoms with Gasteiger partial charge in [-0.15, -0.1) is 11.3 Å². The molecule has 5 nitrogen and oxygen atoms in total. The fraction of sp³-hybridized carbons (Fsp3) is 0.182. The normalized spacial score (nSPS) is 10.5. The van der Waals surface area contributed by atoms with Gasteiger partial charge < -0.3 is 14.8 Å². The standard InChI is InChI=1S/C22H19Cl2NO4S/c1-3-28-22(27)20-16(14-6-4-13(2)5-7-14)12-30-21(20)25-19(26)11-29-18-9-8-15(23)10-17(18)24/h4-10,12H,3,11H2,1-2H3,(H,25,26). The summed E-state index contributed by atoms with van der Waals surface area (Å²) in [5.41, 5.74) is 3.00. The van der Waals surface area contributed by atoms with Gasteiger partial charge in [-0.25, -0.2) is 4.79 Å². The van der Waals surface area contributed by atoms with Crippen LogP contribution in [-0.2, 0) is 9.53 Å². The number of amides is 1. The largest absolute Gasteiger partial charge is 0.482 e. The molecular formula is C22H19Cl2NO4S. The molecule has 3 rings (SSSR count). The zero-order valence-corrected chi connectivity index (χ0v) is 18.7. The number of halogens is 2. The minimum Gasteiger partial charge on any atom is -0.482 e. The molecule has 0 radical (unpaired) electrons. The molecule has 1 aromatic heterocycles. The summed E-state index contributed by atoms with van der Waals surface area (Å²) in [5.74, 6) is -0.580. The molecule has 0 aliphatic rings. The summed E-state index contributed by atoms with van der Waals surface area (Å²) < 4.78 is 10.7. The number of nitrogens with one attached hydrogen (secondary N) is 1. The third-order valence-corrected chi connectivity index (χ3v) is 5.56. The van der Waals surface area contributed by atoms with Crippen molar-refractivity contribution in [2.75, 3.05) is 18.5 Å². The van der Waals surface area contributed by atoms with Crippen LogP contribution in [0.1, 0.15) is 22.8 Å². The smallest absolute Gasteiger partial charge is 0.341 e. The molecule has 1 heterocycles. The highest BCUT2D eigenvalue weighted by Gasteiger charge is 2.23. The highest BCUT2D eigenvalue weighted by Crippen LogP contribution is 2.36. The number of benzene rings is 2. The van der Waals surface area contributed by atoms with E-state index in [0.29, 0.717) is 31.9 Å². The van der Waals surface area contributed by atoms with Gasteiger partial charge in [0.2, 0.25) is 0 Å². The van der Waals surface area contributed by atoms with Crippen molar-refractivity contribution >= 4 is 51.4 Å². The van der Waals surface area contributed by atoms with E-state index in [-0.39, 0.29) is 13.2 Å². The van der Waals surface area contributed by atoms with Crippen LogP contribution < -0.4 is 10.1 Å². The van der Waals surface area contributed by atoms with Crippen molar-refractivity contribution in [3.05, 3.63) is 69.0 Å². The number of anilines is 1. The summed E-state index contributed by atoms with van der Waals surface area (Å²) in [5, 5.41) is 5.74. The highest BCUT2D eigenvalue weighted by molar-refractivity contribution is 7.15. The molecule has 2 aromatic carbocycles. The number of hydrogen-bond acceptors (Lipinski definition) is 5. The number of ether oxygens (including phenoxy) is 2. The Morgan fingerprint density at radius 2 is 1.83 bits per heavy atom. The number of aryl methyl sites for hydroxylation is 1. The highest BCUT2D eigenvalue weighted by atomic mass is 35.5. The maximum atomic E-state index is 12.6. The predicted octanol–water partition coefficient (Wildman–Crippen LogP) is 6.22. The van der Waals surface area contributed by atoms with Crippen LogP contribution in [0.25, 0.3) is 11.1 Å². The second-order valence-electron chi connectivity index (χ2n) is 6.35. The summed E-state index contributed by atoms with van der Waals surface area (Å²) in [6.45, 7) is 3.68. The topological polar surface area (TPSA) is 64.6 Å². The minimum atomic E-state index is -0.494. The van der Waals surface area contributed by atoms with Gasteiger partial charge in [-0.2, -0.15) is 0 Å². The number of hydrogen-bond donors (Lipinski definition) is 1. The number of carbonyl (C=O) groups excluding carboxylic acids is 2. The van der Waals surface area contributed by atoms with Crippen LogP contribution in [-0.4, -0.2) is 25.1 Å². The molecule has 156 valence electrons. The summed E-state index contributed by atoms with van der Waals surface area (Å²) in [4.78, 5) is 25.0. The van der Waals surface area contributed by atoms with Gasteiger partial charge in [0.05, 0.1) is 11.6 Å². The fourth-order valence-corrected chi connectivity index (χ4v) is 4.14. The molecule has 0 spiro atoms. The molecule has 0 fully saturated rings. The van der Waals surface area contributed by atoms with Gasteiger partial charge in [0, 0.05) is 16.0 Å². The van der Waals surface area contributed by atoms with Gasteiger partial charge in [-0.05, 0) is 37.6 Å². The molecule has 1 amide bonds. The van der Waals surface area contributed by atoms with E-state index in [0.717, 1.165) is 11.1 Å². The lowest BCUT2D eigenvalue weighted by Gasteiger charge is -2.10. The molecule has 1 N–H and O–H groups in total. The van der Waals surface area contributed by atoms with Crippen molar-refractivity contribution in [2.45, 2.75) is 13.8 Å². The second kappa shape index (κ2) is 9.98. The minimum absolute atomic E-state index is 0.230. The summed E-state index contributed by atoms with van der Waals surface area (Å²) in [7, 11) is 0. The zero-order valence-electron chi connectivity index (χ0n) is 16.3. The molecule has 0 saturated heterocycles. The lowest BCUT2D eigenvalue weighted by Crippen LogP contribution is -2.21. The van der Waals surface area contributed by atoms with Crippen molar-refractivity contribution in [3.8, 4) is 16.9 Å². The van der Waals surface area contributed by atoms with Crippen LogP contribution in [0.3, 0.4) is 0 Å².